The van der Waals surface area contributed by atoms with E-state index in [9.17, 15) is 0 Å². The van der Waals surface area contributed by atoms with Crippen LogP contribution in [0.3, 0.4) is 0 Å². The van der Waals surface area contributed by atoms with E-state index in [2.05, 4.69) is 34.1 Å². The van der Waals surface area contributed by atoms with Crippen LogP contribution in [-0.4, -0.2) is 64.6 Å². The first kappa shape index (κ1) is 14.4. The Morgan fingerprint density at radius 3 is 2.89 bits per heavy atom. The molecule has 2 heterocycles. The van der Waals surface area contributed by atoms with Crippen molar-refractivity contribution in [1.82, 2.24) is 25.0 Å². The lowest BCUT2D eigenvalue weighted by atomic mass is 10.0. The molecule has 1 N–H and O–H groups in total. The van der Waals surface area contributed by atoms with Crippen LogP contribution in [0.5, 0.6) is 0 Å². The molecule has 0 aromatic carbocycles. The average molecular weight is 267 g/mol. The van der Waals surface area contributed by atoms with Gasteiger partial charge in [-0.2, -0.15) is 5.10 Å². The van der Waals surface area contributed by atoms with E-state index in [0.717, 1.165) is 31.9 Å². The molecular formula is C13H25N5O. The smallest absolute Gasteiger partial charge is 0.138 e. The van der Waals surface area contributed by atoms with Crippen molar-refractivity contribution >= 4 is 0 Å². The summed E-state index contributed by atoms with van der Waals surface area (Å²) in [4.78, 5) is 6.76. The number of hydrogen-bond donors (Lipinski definition) is 1. The highest BCUT2D eigenvalue weighted by atomic mass is 16.5. The summed E-state index contributed by atoms with van der Waals surface area (Å²) in [7, 11) is 3.91. The second-order valence-electron chi connectivity index (χ2n) is 5.40. The van der Waals surface area contributed by atoms with Crippen molar-refractivity contribution in [3.05, 3.63) is 12.2 Å². The zero-order valence-corrected chi connectivity index (χ0v) is 12.3. The molecule has 2 unspecified atom stereocenters. The lowest BCUT2D eigenvalue weighted by molar-refractivity contribution is -0.0545. The minimum absolute atomic E-state index is 0.206. The summed E-state index contributed by atoms with van der Waals surface area (Å²) in [5.74, 6) is 0.990. The third-order valence-corrected chi connectivity index (χ3v) is 3.88. The lowest BCUT2D eigenvalue weighted by Crippen LogP contribution is -2.54. The van der Waals surface area contributed by atoms with Crippen LogP contribution in [0, 0.1) is 0 Å². The Hall–Kier alpha value is -0.980. The third kappa shape index (κ3) is 3.52. The predicted octanol–water partition coefficient (Wildman–Crippen LogP) is 0.0548. The predicted molar refractivity (Wildman–Crippen MR) is 74.0 cm³/mol. The minimum atomic E-state index is 0.206. The highest BCUT2D eigenvalue weighted by molar-refractivity contribution is 4.93. The van der Waals surface area contributed by atoms with Gasteiger partial charge in [-0.05, 0) is 20.9 Å². The van der Waals surface area contributed by atoms with Crippen LogP contribution in [0.25, 0.3) is 0 Å². The van der Waals surface area contributed by atoms with Crippen molar-refractivity contribution in [2.45, 2.75) is 38.5 Å². The number of aromatic nitrogens is 3. The van der Waals surface area contributed by atoms with Crippen LogP contribution in [0.15, 0.2) is 6.33 Å². The van der Waals surface area contributed by atoms with Crippen LogP contribution in [0.4, 0.5) is 0 Å². The van der Waals surface area contributed by atoms with Crippen molar-refractivity contribution in [3.8, 4) is 0 Å². The molecule has 0 radical (unpaired) electrons. The molecule has 2 rings (SSSR count). The Bertz CT molecular complexity index is 392. The first-order valence-corrected chi connectivity index (χ1v) is 6.97. The number of rotatable bonds is 5. The van der Waals surface area contributed by atoms with Crippen molar-refractivity contribution in [2.24, 2.45) is 7.05 Å². The van der Waals surface area contributed by atoms with Crippen molar-refractivity contribution in [1.29, 1.82) is 0 Å². The molecule has 0 aliphatic carbocycles. The standard InChI is InChI=1S/C13H25N5O/c1-10(2)18-5-6-19-12(8-18)11(14-3)7-13-15-9-16-17(13)4/h9-12,14H,5-8H2,1-4H3. The van der Waals surface area contributed by atoms with E-state index in [1.165, 1.54) is 0 Å². The molecule has 1 aliphatic heterocycles. The highest BCUT2D eigenvalue weighted by Crippen LogP contribution is 2.14. The number of likely N-dealkylation sites (N-methyl/N-ethyl adjacent to an activating group) is 1. The van der Waals surface area contributed by atoms with Gasteiger partial charge in [0.15, 0.2) is 0 Å². The molecule has 1 aliphatic rings. The number of nitrogens with one attached hydrogen (secondary N) is 1. The first-order valence-electron chi connectivity index (χ1n) is 6.97. The Kier molecular flexibility index (Phi) is 4.90. The van der Waals surface area contributed by atoms with Crippen molar-refractivity contribution in [3.63, 3.8) is 0 Å². The molecule has 108 valence electrons. The van der Waals surface area contributed by atoms with Gasteiger partial charge in [-0.15, -0.1) is 0 Å². The van der Waals surface area contributed by atoms with Crippen LogP contribution >= 0.6 is 0 Å². The van der Waals surface area contributed by atoms with Gasteiger partial charge in [0.25, 0.3) is 0 Å². The van der Waals surface area contributed by atoms with Gasteiger partial charge in [0, 0.05) is 38.6 Å². The molecule has 6 heteroatoms. The molecule has 1 fully saturated rings. The number of aryl methyl sites for hydroxylation is 1. The lowest BCUT2D eigenvalue weighted by Gasteiger charge is -2.38. The van der Waals surface area contributed by atoms with Gasteiger partial charge < -0.3 is 10.1 Å². The Labute approximate surface area is 115 Å². The molecule has 0 spiro atoms. The van der Waals surface area contributed by atoms with Gasteiger partial charge in [-0.25, -0.2) is 4.98 Å². The monoisotopic (exact) mass is 267 g/mol. The summed E-state index contributed by atoms with van der Waals surface area (Å²) < 4.78 is 7.77. The molecule has 1 saturated heterocycles. The fourth-order valence-electron chi connectivity index (χ4n) is 2.53. The normalized spacial score (nSPS) is 22.9. The molecule has 2 atom stereocenters. The van der Waals surface area contributed by atoms with Gasteiger partial charge in [0.05, 0.1) is 12.7 Å². The quantitative estimate of drug-likeness (QED) is 0.817. The molecule has 1 aromatic rings. The van der Waals surface area contributed by atoms with Crippen molar-refractivity contribution in [2.75, 3.05) is 26.7 Å². The van der Waals surface area contributed by atoms with E-state index in [1.54, 1.807) is 6.33 Å². The zero-order valence-electron chi connectivity index (χ0n) is 12.3. The minimum Gasteiger partial charge on any atom is -0.374 e. The summed E-state index contributed by atoms with van der Waals surface area (Å²) in [6, 6.07) is 0.836. The van der Waals surface area contributed by atoms with Crippen LogP contribution in [-0.2, 0) is 18.2 Å². The largest absolute Gasteiger partial charge is 0.374 e. The number of morpholine rings is 1. The van der Waals surface area contributed by atoms with E-state index in [4.69, 9.17) is 4.74 Å². The third-order valence-electron chi connectivity index (χ3n) is 3.88. The maximum absolute atomic E-state index is 5.94. The number of ether oxygens (including phenoxy) is 1. The van der Waals surface area contributed by atoms with Gasteiger partial charge in [-0.3, -0.25) is 9.58 Å². The topological polar surface area (TPSA) is 55.2 Å². The summed E-state index contributed by atoms with van der Waals surface area (Å²) in [5, 5.41) is 7.48. The molecule has 19 heavy (non-hydrogen) atoms. The van der Waals surface area contributed by atoms with Crippen LogP contribution in [0.2, 0.25) is 0 Å². The van der Waals surface area contributed by atoms with E-state index in [1.807, 2.05) is 18.8 Å². The fraction of sp³-hybridized carbons (Fsp3) is 0.846. The summed E-state index contributed by atoms with van der Waals surface area (Å²) in [6.45, 7) is 7.27. The van der Waals surface area contributed by atoms with E-state index >= 15 is 0 Å². The molecule has 0 amide bonds. The molecular weight excluding hydrogens is 242 g/mol. The fourth-order valence-corrected chi connectivity index (χ4v) is 2.53. The summed E-state index contributed by atoms with van der Waals surface area (Å²) >= 11 is 0. The van der Waals surface area contributed by atoms with Gasteiger partial charge in [-0.1, -0.05) is 0 Å². The van der Waals surface area contributed by atoms with E-state index < -0.39 is 0 Å². The Morgan fingerprint density at radius 2 is 2.32 bits per heavy atom. The zero-order chi connectivity index (χ0) is 13.8. The maximum Gasteiger partial charge on any atom is 0.138 e. The average Bonchev–Trinajstić information content (AvgIpc) is 2.81. The SMILES string of the molecule is CNC(Cc1ncnn1C)C1CN(C(C)C)CCO1. The first-order chi connectivity index (χ1) is 9.11. The Morgan fingerprint density at radius 1 is 1.53 bits per heavy atom. The number of hydrogen-bond acceptors (Lipinski definition) is 5. The molecule has 0 saturated carbocycles. The molecule has 0 bridgehead atoms. The van der Waals surface area contributed by atoms with E-state index in [-0.39, 0.29) is 12.1 Å². The van der Waals surface area contributed by atoms with Crippen LogP contribution in [0.1, 0.15) is 19.7 Å². The summed E-state index contributed by atoms with van der Waals surface area (Å²) in [6.07, 6.45) is 2.64. The van der Waals surface area contributed by atoms with Crippen LogP contribution < -0.4 is 5.32 Å². The summed E-state index contributed by atoms with van der Waals surface area (Å²) in [5.41, 5.74) is 0. The Balaban J connectivity index is 1.99. The van der Waals surface area contributed by atoms with E-state index in [0.29, 0.717) is 6.04 Å². The maximum atomic E-state index is 5.94. The highest BCUT2D eigenvalue weighted by Gasteiger charge is 2.29. The second-order valence-corrected chi connectivity index (χ2v) is 5.40. The van der Waals surface area contributed by atoms with Gasteiger partial charge in [0.2, 0.25) is 0 Å². The second kappa shape index (κ2) is 6.45. The molecule has 1 aromatic heterocycles. The van der Waals surface area contributed by atoms with Crippen molar-refractivity contribution < 1.29 is 4.74 Å². The molecule has 6 nitrogen and oxygen atoms in total. The van der Waals surface area contributed by atoms with Gasteiger partial charge >= 0.3 is 0 Å². The van der Waals surface area contributed by atoms with Gasteiger partial charge in [0.1, 0.15) is 12.2 Å². The number of nitrogens with zero attached hydrogens (tertiary/aromatic N) is 4.